The van der Waals surface area contributed by atoms with Gasteiger partial charge in [-0.2, -0.15) is 0 Å². The van der Waals surface area contributed by atoms with Crippen LogP contribution >= 0.6 is 11.6 Å². The Kier molecular flexibility index (Phi) is 5.02. The minimum Gasteiger partial charge on any atom is -0.486 e. The molecule has 0 aliphatic carbocycles. The number of benzene rings is 2. The van der Waals surface area contributed by atoms with E-state index in [1.54, 1.807) is 19.1 Å². The number of hydrogen-bond donors (Lipinski definition) is 0. The molecule has 0 unspecified atom stereocenters. The van der Waals surface area contributed by atoms with Crippen molar-refractivity contribution in [1.29, 1.82) is 0 Å². The number of carbonyl (C=O) groups excluding carboxylic acids is 3. The van der Waals surface area contributed by atoms with E-state index in [9.17, 15) is 24.5 Å². The van der Waals surface area contributed by atoms with Gasteiger partial charge in [0.2, 0.25) is 5.75 Å². The van der Waals surface area contributed by atoms with Crippen molar-refractivity contribution in [3.8, 4) is 5.75 Å². The van der Waals surface area contributed by atoms with Crippen LogP contribution in [0.5, 0.6) is 5.75 Å². The molecule has 3 rings (SSSR count). The van der Waals surface area contributed by atoms with Crippen LogP contribution in [0.15, 0.2) is 30.3 Å². The summed E-state index contributed by atoms with van der Waals surface area (Å²) in [6.07, 6.45) is 0. The molecule has 0 saturated heterocycles. The van der Waals surface area contributed by atoms with Gasteiger partial charge in [-0.3, -0.25) is 19.7 Å². The number of methoxy groups -OCH3 is 1. The molecule has 0 radical (unpaired) electrons. The summed E-state index contributed by atoms with van der Waals surface area (Å²) in [4.78, 5) is 49.2. The number of fused-ring (bicyclic) bond motifs is 1. The fraction of sp³-hybridized carbons (Fsp3) is 0.167. The lowest BCUT2D eigenvalue weighted by Gasteiger charge is -2.19. The molecule has 144 valence electrons. The quantitative estimate of drug-likeness (QED) is 0.325. The second-order valence-electron chi connectivity index (χ2n) is 5.61. The maximum atomic E-state index is 12.8. The number of hydrogen-bond acceptors (Lipinski definition) is 7. The Hall–Kier alpha value is -3.46. The Balaban J connectivity index is 2.32. The van der Waals surface area contributed by atoms with Crippen molar-refractivity contribution in [3.63, 3.8) is 0 Å². The van der Waals surface area contributed by atoms with Crippen molar-refractivity contribution in [1.82, 2.24) is 0 Å². The predicted octanol–water partition coefficient (Wildman–Crippen LogP) is 3.23. The molecule has 9 nitrogen and oxygen atoms in total. The summed E-state index contributed by atoms with van der Waals surface area (Å²) in [6.45, 7) is 1.54. The number of rotatable bonds is 5. The van der Waals surface area contributed by atoms with Gasteiger partial charge < -0.3 is 9.47 Å². The molecule has 10 heteroatoms. The van der Waals surface area contributed by atoms with Gasteiger partial charge in [-0.15, -0.1) is 0 Å². The molecule has 0 N–H and O–H groups in total. The number of halogens is 1. The van der Waals surface area contributed by atoms with Crippen LogP contribution in [0.1, 0.15) is 38.0 Å². The van der Waals surface area contributed by atoms with Gasteiger partial charge in [0.25, 0.3) is 11.8 Å². The predicted molar refractivity (Wildman–Crippen MR) is 98.2 cm³/mol. The molecular formula is C18H13ClN2O7. The number of nitro benzene ring substituents is 1. The highest BCUT2D eigenvalue weighted by atomic mass is 35.5. The molecule has 2 amide bonds. The van der Waals surface area contributed by atoms with Crippen LogP contribution in [0.25, 0.3) is 0 Å². The van der Waals surface area contributed by atoms with Crippen LogP contribution < -0.4 is 9.64 Å². The largest absolute Gasteiger partial charge is 0.486 e. The Bertz CT molecular complexity index is 1000. The van der Waals surface area contributed by atoms with Crippen LogP contribution in [0.3, 0.4) is 0 Å². The average molecular weight is 405 g/mol. The van der Waals surface area contributed by atoms with Crippen molar-refractivity contribution in [3.05, 3.63) is 62.2 Å². The highest BCUT2D eigenvalue weighted by Gasteiger charge is 2.43. The van der Waals surface area contributed by atoms with Crippen molar-refractivity contribution < 1.29 is 28.8 Å². The highest BCUT2D eigenvalue weighted by molar-refractivity contribution is 6.41. The standard InChI is InChI=1S/C18H13ClN2O7/c1-3-28-15-11(18(24)27-2)8-12(19)13(14(15)21(25)26)20-16(22)9-6-4-5-7-10(9)17(20)23/h4-8H,3H2,1-2H3. The normalized spacial score (nSPS) is 12.8. The van der Waals surface area contributed by atoms with Crippen molar-refractivity contribution in [2.24, 2.45) is 0 Å². The Morgan fingerprint density at radius 2 is 1.79 bits per heavy atom. The monoisotopic (exact) mass is 404 g/mol. The van der Waals surface area contributed by atoms with Gasteiger partial charge in [0, 0.05) is 0 Å². The van der Waals surface area contributed by atoms with Gasteiger partial charge in [0.15, 0.2) is 5.69 Å². The molecule has 2 aromatic carbocycles. The Morgan fingerprint density at radius 3 is 2.25 bits per heavy atom. The lowest BCUT2D eigenvalue weighted by molar-refractivity contribution is -0.385. The number of imide groups is 1. The number of anilines is 1. The SMILES string of the molecule is CCOc1c(C(=O)OC)cc(Cl)c(N2C(=O)c3ccccc3C2=O)c1[N+](=O)[O-]. The zero-order chi connectivity index (χ0) is 20.6. The summed E-state index contributed by atoms with van der Waals surface area (Å²) in [5.41, 5.74) is -1.35. The first-order valence-corrected chi connectivity index (χ1v) is 8.41. The first-order chi connectivity index (χ1) is 13.3. The summed E-state index contributed by atoms with van der Waals surface area (Å²) in [7, 11) is 1.09. The van der Waals surface area contributed by atoms with E-state index in [0.717, 1.165) is 13.2 Å². The molecule has 0 aromatic heterocycles. The summed E-state index contributed by atoms with van der Waals surface area (Å²) in [6, 6.07) is 7.07. The van der Waals surface area contributed by atoms with E-state index in [4.69, 9.17) is 16.3 Å². The summed E-state index contributed by atoms with van der Waals surface area (Å²) >= 11 is 6.19. The van der Waals surface area contributed by atoms with E-state index in [1.807, 2.05) is 0 Å². The number of amides is 2. The lowest BCUT2D eigenvalue weighted by Crippen LogP contribution is -2.30. The summed E-state index contributed by atoms with van der Waals surface area (Å²) in [5.74, 6) is -2.88. The topological polar surface area (TPSA) is 116 Å². The first-order valence-electron chi connectivity index (χ1n) is 8.03. The zero-order valence-corrected chi connectivity index (χ0v) is 15.5. The first kappa shape index (κ1) is 19.3. The molecule has 0 saturated carbocycles. The van der Waals surface area contributed by atoms with Gasteiger partial charge in [0.1, 0.15) is 5.56 Å². The Morgan fingerprint density at radius 1 is 1.21 bits per heavy atom. The number of nitro groups is 1. The summed E-state index contributed by atoms with van der Waals surface area (Å²) in [5, 5.41) is 11.5. The lowest BCUT2D eigenvalue weighted by atomic mass is 10.1. The van der Waals surface area contributed by atoms with Crippen LogP contribution in [0.2, 0.25) is 5.02 Å². The summed E-state index contributed by atoms with van der Waals surface area (Å²) < 4.78 is 9.93. The third-order valence-corrected chi connectivity index (χ3v) is 4.36. The maximum absolute atomic E-state index is 12.8. The second kappa shape index (κ2) is 7.28. The van der Waals surface area contributed by atoms with Gasteiger partial charge >= 0.3 is 11.7 Å². The van der Waals surface area contributed by atoms with E-state index in [-0.39, 0.29) is 28.3 Å². The number of carbonyl (C=O) groups is 3. The van der Waals surface area contributed by atoms with Gasteiger partial charge in [-0.05, 0) is 25.1 Å². The van der Waals surface area contributed by atoms with E-state index in [0.29, 0.717) is 4.90 Å². The van der Waals surface area contributed by atoms with Gasteiger partial charge in [-0.25, -0.2) is 9.69 Å². The second-order valence-corrected chi connectivity index (χ2v) is 6.01. The molecule has 0 fully saturated rings. The molecule has 28 heavy (non-hydrogen) atoms. The molecule has 2 aromatic rings. The van der Waals surface area contributed by atoms with Crippen LogP contribution in [0, 0.1) is 10.1 Å². The van der Waals surface area contributed by atoms with E-state index in [2.05, 4.69) is 4.74 Å². The average Bonchev–Trinajstić information content (AvgIpc) is 2.93. The van der Waals surface area contributed by atoms with Crippen molar-refractivity contribution >= 4 is 40.8 Å². The fourth-order valence-electron chi connectivity index (χ4n) is 2.94. The van der Waals surface area contributed by atoms with Crippen LogP contribution in [0.4, 0.5) is 11.4 Å². The molecule has 1 aliphatic heterocycles. The zero-order valence-electron chi connectivity index (χ0n) is 14.7. The van der Waals surface area contributed by atoms with Crippen molar-refractivity contribution in [2.45, 2.75) is 6.92 Å². The van der Waals surface area contributed by atoms with Crippen LogP contribution in [-0.4, -0.2) is 36.4 Å². The van der Waals surface area contributed by atoms with Gasteiger partial charge in [-0.1, -0.05) is 23.7 Å². The van der Waals surface area contributed by atoms with E-state index < -0.39 is 39.8 Å². The van der Waals surface area contributed by atoms with Crippen molar-refractivity contribution in [2.75, 3.05) is 18.6 Å². The number of esters is 1. The Labute approximate surface area is 163 Å². The fourth-order valence-corrected chi connectivity index (χ4v) is 3.22. The molecule has 0 spiro atoms. The number of ether oxygens (including phenoxy) is 2. The van der Waals surface area contributed by atoms with Crippen LogP contribution in [-0.2, 0) is 4.74 Å². The minimum absolute atomic E-state index is 0.0198. The van der Waals surface area contributed by atoms with E-state index in [1.165, 1.54) is 12.1 Å². The number of nitrogens with zero attached hydrogens (tertiary/aromatic N) is 2. The highest BCUT2D eigenvalue weighted by Crippen LogP contribution is 2.47. The minimum atomic E-state index is -0.914. The molecule has 0 bridgehead atoms. The third kappa shape index (κ3) is 2.85. The smallest absolute Gasteiger partial charge is 0.341 e. The molecule has 0 atom stereocenters. The molecule has 1 heterocycles. The third-order valence-electron chi connectivity index (χ3n) is 4.08. The maximum Gasteiger partial charge on any atom is 0.341 e. The molecule has 1 aliphatic rings. The van der Waals surface area contributed by atoms with E-state index >= 15 is 0 Å². The van der Waals surface area contributed by atoms with Gasteiger partial charge in [0.05, 0.1) is 34.8 Å². The molecular weight excluding hydrogens is 392 g/mol.